The van der Waals surface area contributed by atoms with E-state index in [9.17, 15) is 4.79 Å². The van der Waals surface area contributed by atoms with Crippen molar-refractivity contribution in [2.24, 2.45) is 5.73 Å². The second-order valence-corrected chi connectivity index (χ2v) is 8.58. The van der Waals surface area contributed by atoms with Crippen molar-refractivity contribution in [3.8, 4) is 0 Å². The van der Waals surface area contributed by atoms with E-state index in [-0.39, 0.29) is 11.8 Å². The topological polar surface area (TPSA) is 43.1 Å². The highest BCUT2D eigenvalue weighted by Crippen LogP contribution is 2.45. The molecule has 0 bridgehead atoms. The number of rotatable bonds is 2. The van der Waals surface area contributed by atoms with Gasteiger partial charge in [-0.2, -0.15) is 0 Å². The largest absolute Gasteiger partial charge is 0.366 e. The summed E-state index contributed by atoms with van der Waals surface area (Å²) in [7, 11) is 0. The Labute approximate surface area is 181 Å². The van der Waals surface area contributed by atoms with Gasteiger partial charge in [-0.05, 0) is 74.3 Å². The Morgan fingerprint density at radius 2 is 1.35 bits per heavy atom. The first-order valence-electron chi connectivity index (χ1n) is 11.0. The molecule has 1 aliphatic rings. The Hall–Kier alpha value is -3.65. The molecule has 31 heavy (non-hydrogen) atoms. The van der Waals surface area contributed by atoms with Crippen molar-refractivity contribution in [3.63, 3.8) is 0 Å². The molecule has 5 aromatic carbocycles. The Morgan fingerprint density at radius 3 is 2.16 bits per heavy atom. The van der Waals surface area contributed by atoms with Gasteiger partial charge in [0.1, 0.15) is 0 Å². The van der Waals surface area contributed by atoms with E-state index < -0.39 is 0 Å². The fourth-order valence-electron chi connectivity index (χ4n) is 5.60. The molecule has 0 heterocycles. The quantitative estimate of drug-likeness (QED) is 0.328. The van der Waals surface area contributed by atoms with Gasteiger partial charge in [-0.1, -0.05) is 78.9 Å². The minimum Gasteiger partial charge on any atom is -0.366 e. The number of aryl methyl sites for hydroxylation is 1. The van der Waals surface area contributed by atoms with E-state index in [2.05, 4.69) is 66.7 Å². The highest BCUT2D eigenvalue weighted by Gasteiger charge is 2.28. The Balaban J connectivity index is 1.71. The number of nitrogens with two attached hydrogens (primary N) is 1. The van der Waals surface area contributed by atoms with E-state index in [1.54, 1.807) is 0 Å². The number of primary amides is 1. The highest BCUT2D eigenvalue weighted by molar-refractivity contribution is 6.09. The van der Waals surface area contributed by atoms with Gasteiger partial charge < -0.3 is 5.73 Å². The molecule has 0 aromatic heterocycles. The minimum atomic E-state index is -0.349. The zero-order valence-electron chi connectivity index (χ0n) is 17.3. The van der Waals surface area contributed by atoms with Gasteiger partial charge in [0, 0.05) is 11.5 Å². The smallest absolute Gasteiger partial charge is 0.249 e. The fourth-order valence-corrected chi connectivity index (χ4v) is 5.60. The normalized spacial score (nSPS) is 15.9. The standard InChI is InChI=1S/C29H23NO/c30-29(31)26-17-13-19-7-2-4-10-22(19)28(26)25-11-5-8-20-14-15-23-21-9-3-1-6-18(21)12-16-24(23)27(20)25/h1-4,6-7,9-10,12-17,25H,5,8,11H2,(H2,30,31). The van der Waals surface area contributed by atoms with Crippen molar-refractivity contribution in [2.75, 3.05) is 0 Å². The molecular weight excluding hydrogens is 378 g/mol. The van der Waals surface area contributed by atoms with Crippen LogP contribution in [0.5, 0.6) is 0 Å². The number of hydrogen-bond donors (Lipinski definition) is 1. The molecule has 2 heteroatoms. The van der Waals surface area contributed by atoms with Crippen LogP contribution in [0, 0.1) is 0 Å². The minimum absolute atomic E-state index is 0.155. The molecule has 0 aliphatic heterocycles. The molecule has 0 saturated heterocycles. The monoisotopic (exact) mass is 401 g/mol. The van der Waals surface area contributed by atoms with Gasteiger partial charge in [-0.25, -0.2) is 0 Å². The lowest BCUT2D eigenvalue weighted by molar-refractivity contribution is 0.0999. The van der Waals surface area contributed by atoms with Gasteiger partial charge in [-0.3, -0.25) is 4.79 Å². The number of hydrogen-bond acceptors (Lipinski definition) is 1. The van der Waals surface area contributed by atoms with Crippen LogP contribution >= 0.6 is 0 Å². The summed E-state index contributed by atoms with van der Waals surface area (Å²) >= 11 is 0. The van der Waals surface area contributed by atoms with Crippen molar-refractivity contribution in [1.29, 1.82) is 0 Å². The lowest BCUT2D eigenvalue weighted by Gasteiger charge is -2.30. The van der Waals surface area contributed by atoms with E-state index in [0.29, 0.717) is 5.56 Å². The summed E-state index contributed by atoms with van der Waals surface area (Å²) in [5, 5.41) is 7.40. The maximum atomic E-state index is 12.5. The van der Waals surface area contributed by atoms with Crippen LogP contribution in [0.1, 0.15) is 45.8 Å². The van der Waals surface area contributed by atoms with E-state index in [1.807, 2.05) is 18.2 Å². The van der Waals surface area contributed by atoms with Gasteiger partial charge in [0.25, 0.3) is 0 Å². The Bertz CT molecular complexity index is 1500. The molecule has 1 unspecified atom stereocenters. The summed E-state index contributed by atoms with van der Waals surface area (Å²) < 4.78 is 0. The molecule has 1 atom stereocenters. The molecule has 5 aromatic rings. The second kappa shape index (κ2) is 6.95. The molecule has 0 spiro atoms. The highest BCUT2D eigenvalue weighted by atomic mass is 16.1. The van der Waals surface area contributed by atoms with Gasteiger partial charge in [-0.15, -0.1) is 0 Å². The first kappa shape index (κ1) is 18.1. The second-order valence-electron chi connectivity index (χ2n) is 8.58. The molecule has 1 aliphatic carbocycles. The first-order valence-corrected chi connectivity index (χ1v) is 11.0. The van der Waals surface area contributed by atoms with Crippen LogP contribution < -0.4 is 5.73 Å². The lowest BCUT2D eigenvalue weighted by atomic mass is 9.74. The number of benzene rings is 5. The zero-order valence-corrected chi connectivity index (χ0v) is 17.3. The third-order valence-electron chi connectivity index (χ3n) is 6.93. The predicted octanol–water partition coefficient (Wildman–Crippen LogP) is 6.71. The summed E-state index contributed by atoms with van der Waals surface area (Å²) in [5.41, 5.74) is 10.4. The summed E-state index contributed by atoms with van der Waals surface area (Å²) in [6.07, 6.45) is 3.21. The number of carbonyl (C=O) groups is 1. The van der Waals surface area contributed by atoms with Crippen molar-refractivity contribution in [1.82, 2.24) is 0 Å². The summed E-state index contributed by atoms with van der Waals surface area (Å²) in [6, 6.07) is 29.9. The predicted molar refractivity (Wildman–Crippen MR) is 129 cm³/mol. The molecule has 0 fully saturated rings. The third-order valence-corrected chi connectivity index (χ3v) is 6.93. The molecule has 1 amide bonds. The SMILES string of the molecule is NC(=O)c1ccc2ccccc2c1C1CCCc2ccc3c(ccc4ccccc43)c21. The van der Waals surface area contributed by atoms with Gasteiger partial charge in [0.2, 0.25) is 5.91 Å². The van der Waals surface area contributed by atoms with Crippen molar-refractivity contribution in [2.45, 2.75) is 25.2 Å². The maximum absolute atomic E-state index is 12.5. The van der Waals surface area contributed by atoms with Crippen LogP contribution in [0.4, 0.5) is 0 Å². The number of fused-ring (bicyclic) bond motifs is 6. The van der Waals surface area contributed by atoms with Crippen molar-refractivity contribution < 1.29 is 4.79 Å². The summed E-state index contributed by atoms with van der Waals surface area (Å²) in [5.74, 6) is -0.194. The zero-order chi connectivity index (χ0) is 20.9. The van der Waals surface area contributed by atoms with Crippen LogP contribution in [0.15, 0.2) is 84.9 Å². The average Bonchev–Trinajstić information content (AvgIpc) is 2.82. The molecular formula is C29H23NO. The van der Waals surface area contributed by atoms with E-state index in [4.69, 9.17) is 5.73 Å². The molecule has 2 nitrogen and oxygen atoms in total. The summed E-state index contributed by atoms with van der Waals surface area (Å²) in [4.78, 5) is 12.5. The Kier molecular flexibility index (Phi) is 4.07. The van der Waals surface area contributed by atoms with Crippen LogP contribution in [0.3, 0.4) is 0 Å². The number of carbonyl (C=O) groups excluding carboxylic acids is 1. The summed E-state index contributed by atoms with van der Waals surface area (Å²) in [6.45, 7) is 0. The van der Waals surface area contributed by atoms with Gasteiger partial charge >= 0.3 is 0 Å². The molecule has 2 N–H and O–H groups in total. The van der Waals surface area contributed by atoms with Crippen LogP contribution in [-0.4, -0.2) is 5.91 Å². The van der Waals surface area contributed by atoms with Crippen LogP contribution in [0.25, 0.3) is 32.3 Å². The fraction of sp³-hybridized carbons (Fsp3) is 0.138. The van der Waals surface area contributed by atoms with E-state index in [1.165, 1.54) is 32.7 Å². The van der Waals surface area contributed by atoms with Crippen molar-refractivity contribution >= 4 is 38.2 Å². The van der Waals surface area contributed by atoms with Crippen LogP contribution in [0.2, 0.25) is 0 Å². The Morgan fingerprint density at radius 1 is 0.677 bits per heavy atom. The van der Waals surface area contributed by atoms with Crippen LogP contribution in [-0.2, 0) is 6.42 Å². The average molecular weight is 402 g/mol. The molecule has 0 radical (unpaired) electrons. The molecule has 150 valence electrons. The van der Waals surface area contributed by atoms with E-state index in [0.717, 1.165) is 35.6 Å². The van der Waals surface area contributed by atoms with Gasteiger partial charge in [0.05, 0.1) is 0 Å². The first-order chi connectivity index (χ1) is 15.2. The molecule has 0 saturated carbocycles. The maximum Gasteiger partial charge on any atom is 0.249 e. The number of amides is 1. The molecule has 6 rings (SSSR count). The van der Waals surface area contributed by atoms with Crippen molar-refractivity contribution in [3.05, 3.63) is 107 Å². The van der Waals surface area contributed by atoms with Gasteiger partial charge in [0.15, 0.2) is 0 Å². The third kappa shape index (κ3) is 2.75. The lowest BCUT2D eigenvalue weighted by Crippen LogP contribution is -2.19. The van der Waals surface area contributed by atoms with E-state index >= 15 is 0 Å².